The van der Waals surface area contributed by atoms with Gasteiger partial charge >= 0.3 is 0 Å². The van der Waals surface area contributed by atoms with Crippen molar-refractivity contribution in [3.63, 3.8) is 0 Å². The maximum Gasteiger partial charge on any atom is 0.238 e. The van der Waals surface area contributed by atoms with E-state index in [1.807, 2.05) is 36.1 Å². The van der Waals surface area contributed by atoms with Crippen LogP contribution >= 0.6 is 0 Å². The van der Waals surface area contributed by atoms with Crippen LogP contribution in [0.1, 0.15) is 56.6 Å². The predicted molar refractivity (Wildman–Crippen MR) is 121 cm³/mol. The second-order valence-electron chi connectivity index (χ2n) is 11.3. The van der Waals surface area contributed by atoms with Gasteiger partial charge in [0.15, 0.2) is 0 Å². The van der Waals surface area contributed by atoms with Gasteiger partial charge < -0.3 is 16.4 Å². The Kier molecular flexibility index (Phi) is 4.91. The maximum absolute atomic E-state index is 13.8. The van der Waals surface area contributed by atoms with Crippen LogP contribution in [-0.4, -0.2) is 29.2 Å². The van der Waals surface area contributed by atoms with Crippen LogP contribution in [0.25, 0.3) is 0 Å². The average Bonchev–Trinajstić information content (AvgIpc) is 2.73. The van der Waals surface area contributed by atoms with Crippen LogP contribution < -0.4 is 11.5 Å². The number of benzene rings is 1. The van der Waals surface area contributed by atoms with Crippen LogP contribution in [0.3, 0.4) is 0 Å². The van der Waals surface area contributed by atoms with Crippen molar-refractivity contribution in [3.05, 3.63) is 35.4 Å². The summed E-state index contributed by atoms with van der Waals surface area (Å²) in [5.41, 5.74) is 12.5. The van der Waals surface area contributed by atoms with Gasteiger partial charge in [0.2, 0.25) is 17.7 Å². The van der Waals surface area contributed by atoms with Gasteiger partial charge in [-0.25, -0.2) is 0 Å². The third kappa shape index (κ3) is 3.01. The van der Waals surface area contributed by atoms with E-state index in [1.54, 1.807) is 6.92 Å². The Morgan fingerprint density at radius 3 is 2.31 bits per heavy atom. The number of aryl methyl sites for hydroxylation is 1. The summed E-state index contributed by atoms with van der Waals surface area (Å²) in [5, 5.41) is 0. The van der Waals surface area contributed by atoms with Crippen molar-refractivity contribution in [3.8, 4) is 0 Å². The minimum absolute atomic E-state index is 0.0689. The lowest BCUT2D eigenvalue weighted by Gasteiger charge is -2.62. The van der Waals surface area contributed by atoms with Gasteiger partial charge in [0.05, 0.1) is 0 Å². The monoisotopic (exact) mass is 437 g/mol. The standard InChI is InChI=1S/C26H35N3O3/c1-15-5-3-4-6-17(15)14-29-8-7-20(25(2,22(27)30)24(29)32)21-18-9-16-10-19(21)13-26(11-16,12-18)23(28)31/h3-6,16,18-21H,7-14H2,1-2H3,(H2,27,30)(H2,28,31). The number of primary amides is 2. The lowest BCUT2D eigenvalue weighted by atomic mass is 9.42. The fourth-order valence-corrected chi connectivity index (χ4v) is 8.20. The fourth-order valence-electron chi connectivity index (χ4n) is 8.20. The van der Waals surface area contributed by atoms with Crippen molar-refractivity contribution < 1.29 is 14.4 Å². The van der Waals surface area contributed by atoms with Crippen molar-refractivity contribution in [2.24, 2.45) is 51.9 Å². The zero-order chi connectivity index (χ0) is 22.8. The molecule has 1 aliphatic heterocycles. The van der Waals surface area contributed by atoms with Crippen LogP contribution in [0.5, 0.6) is 0 Å². The summed E-state index contributed by atoms with van der Waals surface area (Å²) in [6.07, 6.45) is 5.50. The second-order valence-corrected chi connectivity index (χ2v) is 11.3. The van der Waals surface area contributed by atoms with E-state index in [0.29, 0.717) is 30.8 Å². The van der Waals surface area contributed by atoms with E-state index in [1.165, 1.54) is 0 Å². The van der Waals surface area contributed by atoms with Crippen molar-refractivity contribution >= 4 is 17.7 Å². The van der Waals surface area contributed by atoms with E-state index in [2.05, 4.69) is 0 Å². The Labute approximate surface area is 190 Å². The number of nitrogens with zero attached hydrogens (tertiary/aromatic N) is 1. The molecule has 5 fully saturated rings. The van der Waals surface area contributed by atoms with E-state index in [-0.39, 0.29) is 29.1 Å². The van der Waals surface area contributed by atoms with E-state index in [4.69, 9.17) is 11.5 Å². The molecule has 3 amide bonds. The predicted octanol–water partition coefficient (Wildman–Crippen LogP) is 2.76. The van der Waals surface area contributed by atoms with Crippen molar-refractivity contribution in [2.45, 2.75) is 58.9 Å². The summed E-state index contributed by atoms with van der Waals surface area (Å²) in [5.74, 6) is 0.649. The van der Waals surface area contributed by atoms with Gasteiger partial charge in [-0.15, -0.1) is 0 Å². The van der Waals surface area contributed by atoms with Gasteiger partial charge in [0.1, 0.15) is 5.41 Å². The third-order valence-corrected chi connectivity index (χ3v) is 9.65. The molecule has 4 unspecified atom stereocenters. The number of nitrogens with two attached hydrogens (primary N) is 2. The lowest BCUT2D eigenvalue weighted by molar-refractivity contribution is -0.177. The van der Waals surface area contributed by atoms with Crippen molar-refractivity contribution in [2.75, 3.05) is 6.54 Å². The molecule has 1 aromatic carbocycles. The Bertz CT molecular complexity index is 959. The molecular weight excluding hydrogens is 402 g/mol. The van der Waals surface area contributed by atoms with Crippen molar-refractivity contribution in [1.82, 2.24) is 4.90 Å². The third-order valence-electron chi connectivity index (χ3n) is 9.65. The van der Waals surface area contributed by atoms with Crippen LogP contribution in [0.15, 0.2) is 24.3 Å². The molecule has 1 heterocycles. The summed E-state index contributed by atoms with van der Waals surface area (Å²) in [6, 6.07) is 8.06. The van der Waals surface area contributed by atoms with Gasteiger partial charge in [-0.05, 0) is 93.1 Å². The zero-order valence-electron chi connectivity index (χ0n) is 19.2. The first-order chi connectivity index (χ1) is 15.2. The van der Waals surface area contributed by atoms with E-state index in [0.717, 1.165) is 49.7 Å². The van der Waals surface area contributed by atoms with Crippen LogP contribution in [0.2, 0.25) is 0 Å². The Balaban J connectivity index is 1.43. The van der Waals surface area contributed by atoms with E-state index < -0.39 is 11.3 Å². The largest absolute Gasteiger partial charge is 0.369 e. The van der Waals surface area contributed by atoms with Crippen LogP contribution in [0, 0.1) is 47.3 Å². The highest BCUT2D eigenvalue weighted by molar-refractivity contribution is 6.04. The summed E-state index contributed by atoms with van der Waals surface area (Å²) in [4.78, 5) is 40.8. The number of piperidine rings is 1. The molecule has 5 aliphatic rings. The van der Waals surface area contributed by atoms with Crippen LogP contribution in [0.4, 0.5) is 0 Å². The first-order valence-corrected chi connectivity index (χ1v) is 12.1. The molecule has 172 valence electrons. The molecule has 4 saturated carbocycles. The van der Waals surface area contributed by atoms with Crippen LogP contribution in [-0.2, 0) is 20.9 Å². The number of likely N-dealkylation sites (tertiary alicyclic amines) is 1. The number of hydrogen-bond donors (Lipinski definition) is 2. The molecule has 6 heteroatoms. The van der Waals surface area contributed by atoms with Gasteiger partial charge in [-0.3, -0.25) is 14.4 Å². The molecule has 1 saturated heterocycles. The minimum Gasteiger partial charge on any atom is -0.369 e. The van der Waals surface area contributed by atoms with Crippen molar-refractivity contribution in [1.29, 1.82) is 0 Å². The summed E-state index contributed by atoms with van der Waals surface area (Å²) >= 11 is 0. The SMILES string of the molecule is Cc1ccccc1CN1CCC(C2C3CC4CC2CC(C(N)=O)(C4)C3)C(C)(C(N)=O)C1=O. The molecule has 0 spiro atoms. The molecule has 6 nitrogen and oxygen atoms in total. The molecule has 0 radical (unpaired) electrons. The Morgan fingerprint density at radius 1 is 1.06 bits per heavy atom. The Morgan fingerprint density at radius 2 is 1.72 bits per heavy atom. The number of hydrogen-bond acceptors (Lipinski definition) is 3. The highest BCUT2D eigenvalue weighted by Crippen LogP contribution is 2.65. The second kappa shape index (κ2) is 7.32. The molecular formula is C26H35N3O3. The van der Waals surface area contributed by atoms with Gasteiger partial charge in [0.25, 0.3) is 0 Å². The first-order valence-electron chi connectivity index (χ1n) is 12.1. The van der Waals surface area contributed by atoms with E-state index in [9.17, 15) is 14.4 Å². The molecule has 4 atom stereocenters. The molecule has 4 N–H and O–H groups in total. The smallest absolute Gasteiger partial charge is 0.238 e. The lowest BCUT2D eigenvalue weighted by Crippen LogP contribution is -2.64. The highest BCUT2D eigenvalue weighted by atomic mass is 16.2. The molecule has 6 rings (SSSR count). The maximum atomic E-state index is 13.8. The van der Waals surface area contributed by atoms with Gasteiger partial charge in [-0.2, -0.15) is 0 Å². The summed E-state index contributed by atoms with van der Waals surface area (Å²) < 4.78 is 0. The Hall–Kier alpha value is -2.37. The minimum atomic E-state index is -1.21. The normalized spacial score (nSPS) is 40.5. The quantitative estimate of drug-likeness (QED) is 0.692. The van der Waals surface area contributed by atoms with Gasteiger partial charge in [0, 0.05) is 18.5 Å². The zero-order valence-corrected chi connectivity index (χ0v) is 19.2. The number of rotatable bonds is 5. The highest BCUT2D eigenvalue weighted by Gasteiger charge is 2.63. The molecule has 4 aliphatic carbocycles. The van der Waals surface area contributed by atoms with Gasteiger partial charge in [-0.1, -0.05) is 24.3 Å². The summed E-state index contributed by atoms with van der Waals surface area (Å²) in [6.45, 7) is 4.97. The molecule has 1 aromatic rings. The molecule has 0 aromatic heterocycles. The molecule has 4 bridgehead atoms. The molecule has 32 heavy (non-hydrogen) atoms. The fraction of sp³-hybridized carbons (Fsp3) is 0.654. The number of amides is 3. The summed E-state index contributed by atoms with van der Waals surface area (Å²) in [7, 11) is 0. The van der Waals surface area contributed by atoms with E-state index >= 15 is 0 Å². The average molecular weight is 438 g/mol. The topological polar surface area (TPSA) is 106 Å². The number of carbonyl (C=O) groups is 3. The first kappa shape index (κ1) is 21.5. The number of carbonyl (C=O) groups excluding carboxylic acids is 3.